The van der Waals surface area contributed by atoms with Crippen LogP contribution in [0.1, 0.15) is 13.3 Å². The molecule has 1 unspecified atom stereocenters. The molecule has 0 bridgehead atoms. The minimum absolute atomic E-state index is 0.0611. The van der Waals surface area contributed by atoms with Gasteiger partial charge in [0.15, 0.2) is 5.16 Å². The third-order valence-corrected chi connectivity index (χ3v) is 4.72. The fraction of sp³-hybridized carbons (Fsp3) is 0.471. The molecule has 0 aliphatic heterocycles. The first kappa shape index (κ1) is 19.3. The molecule has 1 atom stereocenters. The minimum atomic E-state index is -0.279. The molecule has 136 valence electrons. The lowest BCUT2D eigenvalue weighted by molar-refractivity contribution is -0.115. The number of amides is 1. The first-order valence-corrected chi connectivity index (χ1v) is 9.01. The zero-order chi connectivity index (χ0) is 18.2. The highest BCUT2D eigenvalue weighted by Gasteiger charge is 2.18. The van der Waals surface area contributed by atoms with E-state index in [1.54, 1.807) is 13.4 Å². The number of carbonyl (C=O) groups excluding carboxylic acids is 1. The van der Waals surface area contributed by atoms with Crippen molar-refractivity contribution in [3.63, 3.8) is 0 Å². The summed E-state index contributed by atoms with van der Waals surface area (Å²) in [7, 11) is 5.64. The van der Waals surface area contributed by atoms with Crippen LogP contribution in [-0.2, 0) is 16.1 Å². The van der Waals surface area contributed by atoms with Crippen LogP contribution in [-0.4, -0.2) is 53.7 Å². The van der Waals surface area contributed by atoms with Crippen molar-refractivity contribution in [3.05, 3.63) is 30.6 Å². The summed E-state index contributed by atoms with van der Waals surface area (Å²) in [6.45, 7) is 3.31. The van der Waals surface area contributed by atoms with Gasteiger partial charge in [0.2, 0.25) is 5.91 Å². The van der Waals surface area contributed by atoms with Gasteiger partial charge in [0.1, 0.15) is 6.33 Å². The molecule has 1 aromatic heterocycles. The van der Waals surface area contributed by atoms with E-state index in [1.807, 2.05) is 54.8 Å². The molecule has 25 heavy (non-hydrogen) atoms. The highest BCUT2D eigenvalue weighted by molar-refractivity contribution is 8.00. The van der Waals surface area contributed by atoms with Gasteiger partial charge in [-0.1, -0.05) is 11.8 Å². The molecule has 0 radical (unpaired) electrons. The predicted octanol–water partition coefficient (Wildman–Crippen LogP) is 2.50. The summed E-state index contributed by atoms with van der Waals surface area (Å²) in [4.78, 5) is 14.4. The van der Waals surface area contributed by atoms with Crippen LogP contribution in [0.25, 0.3) is 0 Å². The Bertz CT molecular complexity index is 672. The van der Waals surface area contributed by atoms with Crippen LogP contribution in [0.4, 0.5) is 11.4 Å². The van der Waals surface area contributed by atoms with Gasteiger partial charge in [-0.15, -0.1) is 10.2 Å². The largest absolute Gasteiger partial charge is 0.385 e. The number of anilines is 2. The number of hydrogen-bond donors (Lipinski definition) is 1. The maximum atomic E-state index is 12.4. The Kier molecular flexibility index (Phi) is 7.27. The molecule has 1 N–H and O–H groups in total. The first-order valence-electron chi connectivity index (χ1n) is 8.13. The number of carbonyl (C=O) groups is 1. The quantitative estimate of drug-likeness (QED) is 0.545. The van der Waals surface area contributed by atoms with E-state index < -0.39 is 0 Å². The molecule has 1 aromatic carbocycles. The molecule has 2 rings (SSSR count). The van der Waals surface area contributed by atoms with E-state index in [4.69, 9.17) is 4.74 Å². The lowest BCUT2D eigenvalue weighted by atomic mass is 10.2. The Morgan fingerprint density at radius 3 is 2.72 bits per heavy atom. The number of thioether (sulfide) groups is 1. The van der Waals surface area contributed by atoms with Crippen LogP contribution in [0.2, 0.25) is 0 Å². The Balaban J connectivity index is 1.91. The molecular formula is C17H25N5O2S. The average molecular weight is 363 g/mol. The second-order valence-corrected chi connectivity index (χ2v) is 7.15. The second kappa shape index (κ2) is 9.43. The highest BCUT2D eigenvalue weighted by atomic mass is 32.2. The summed E-state index contributed by atoms with van der Waals surface area (Å²) in [5, 5.41) is 11.4. The van der Waals surface area contributed by atoms with E-state index in [-0.39, 0.29) is 11.2 Å². The third kappa shape index (κ3) is 5.75. The van der Waals surface area contributed by atoms with Crippen molar-refractivity contribution < 1.29 is 9.53 Å². The molecule has 0 saturated carbocycles. The molecular weight excluding hydrogens is 338 g/mol. The molecule has 7 nitrogen and oxygen atoms in total. The molecule has 0 fully saturated rings. The van der Waals surface area contributed by atoms with Crippen LogP contribution in [0, 0.1) is 0 Å². The number of hydrogen-bond acceptors (Lipinski definition) is 6. The van der Waals surface area contributed by atoms with Crippen LogP contribution >= 0.6 is 11.8 Å². The van der Waals surface area contributed by atoms with Crippen molar-refractivity contribution in [1.29, 1.82) is 0 Å². The topological polar surface area (TPSA) is 72.3 Å². The monoisotopic (exact) mass is 363 g/mol. The number of nitrogens with zero attached hydrogens (tertiary/aromatic N) is 4. The molecule has 1 heterocycles. The summed E-state index contributed by atoms with van der Waals surface area (Å²) in [6, 6.07) is 7.75. The van der Waals surface area contributed by atoms with Crippen LogP contribution in [0.3, 0.4) is 0 Å². The van der Waals surface area contributed by atoms with Crippen molar-refractivity contribution in [2.45, 2.75) is 30.3 Å². The molecule has 0 aliphatic rings. The number of aryl methyl sites for hydroxylation is 1. The third-order valence-electron chi connectivity index (χ3n) is 3.63. The Morgan fingerprint density at radius 2 is 2.08 bits per heavy atom. The molecule has 0 aliphatic carbocycles. The predicted molar refractivity (Wildman–Crippen MR) is 101 cm³/mol. The summed E-state index contributed by atoms with van der Waals surface area (Å²) in [6.07, 6.45) is 2.56. The Morgan fingerprint density at radius 1 is 1.36 bits per heavy atom. The van der Waals surface area contributed by atoms with E-state index >= 15 is 0 Å². The molecule has 2 aromatic rings. The first-order chi connectivity index (χ1) is 12.0. The van der Waals surface area contributed by atoms with Gasteiger partial charge in [0.05, 0.1) is 5.25 Å². The van der Waals surface area contributed by atoms with Crippen molar-refractivity contribution >= 4 is 29.0 Å². The number of ether oxygens (including phenoxy) is 1. The SMILES string of the molecule is COCCCn1cnnc1SC(C)C(=O)Nc1ccc(N(C)C)cc1. The van der Waals surface area contributed by atoms with E-state index in [2.05, 4.69) is 15.5 Å². The van der Waals surface area contributed by atoms with Crippen LogP contribution in [0.15, 0.2) is 35.7 Å². The summed E-state index contributed by atoms with van der Waals surface area (Å²) in [5.41, 5.74) is 1.87. The molecule has 1 amide bonds. The van der Waals surface area contributed by atoms with Crippen molar-refractivity contribution in [3.8, 4) is 0 Å². The number of methoxy groups -OCH3 is 1. The smallest absolute Gasteiger partial charge is 0.237 e. The van der Waals surface area contributed by atoms with E-state index in [0.29, 0.717) is 6.61 Å². The minimum Gasteiger partial charge on any atom is -0.385 e. The van der Waals surface area contributed by atoms with Gasteiger partial charge in [0, 0.05) is 45.7 Å². The Hall–Kier alpha value is -2.06. The summed E-state index contributed by atoms with van der Waals surface area (Å²) < 4.78 is 7.00. The van der Waals surface area contributed by atoms with Gasteiger partial charge in [-0.2, -0.15) is 0 Å². The van der Waals surface area contributed by atoms with E-state index in [1.165, 1.54) is 11.8 Å². The normalized spacial score (nSPS) is 12.0. The van der Waals surface area contributed by atoms with Crippen LogP contribution < -0.4 is 10.2 Å². The number of aromatic nitrogens is 3. The molecule has 0 saturated heterocycles. The number of rotatable bonds is 9. The van der Waals surface area contributed by atoms with Gasteiger partial charge in [-0.05, 0) is 37.6 Å². The zero-order valence-corrected chi connectivity index (χ0v) is 15.9. The fourth-order valence-electron chi connectivity index (χ4n) is 2.17. The number of nitrogens with one attached hydrogen (secondary N) is 1. The summed E-state index contributed by atoms with van der Waals surface area (Å²) >= 11 is 1.40. The fourth-order valence-corrected chi connectivity index (χ4v) is 3.02. The van der Waals surface area contributed by atoms with Gasteiger partial charge < -0.3 is 19.5 Å². The van der Waals surface area contributed by atoms with Crippen molar-refractivity contribution in [2.24, 2.45) is 0 Å². The lowest BCUT2D eigenvalue weighted by Crippen LogP contribution is -2.23. The summed E-state index contributed by atoms with van der Waals surface area (Å²) in [5.74, 6) is -0.0611. The van der Waals surface area contributed by atoms with E-state index in [9.17, 15) is 4.79 Å². The number of benzene rings is 1. The van der Waals surface area contributed by atoms with Crippen molar-refractivity contribution in [2.75, 3.05) is 38.0 Å². The maximum absolute atomic E-state index is 12.4. The van der Waals surface area contributed by atoms with E-state index in [0.717, 1.165) is 29.5 Å². The van der Waals surface area contributed by atoms with Gasteiger partial charge >= 0.3 is 0 Å². The molecule has 0 spiro atoms. The standard InChI is InChI=1S/C17H25N5O2S/c1-13(25-17-20-18-12-22(17)10-5-11-24-4)16(23)19-14-6-8-15(9-7-14)21(2)3/h6-9,12-13H,5,10-11H2,1-4H3,(H,19,23). The van der Waals surface area contributed by atoms with Gasteiger partial charge in [-0.3, -0.25) is 4.79 Å². The molecule has 8 heteroatoms. The van der Waals surface area contributed by atoms with Crippen molar-refractivity contribution in [1.82, 2.24) is 14.8 Å². The van der Waals surface area contributed by atoms with Gasteiger partial charge in [0.25, 0.3) is 0 Å². The average Bonchev–Trinajstić information content (AvgIpc) is 3.02. The maximum Gasteiger partial charge on any atom is 0.237 e. The Labute approximate surface area is 152 Å². The highest BCUT2D eigenvalue weighted by Crippen LogP contribution is 2.23. The lowest BCUT2D eigenvalue weighted by Gasteiger charge is -2.15. The second-order valence-electron chi connectivity index (χ2n) is 5.84. The zero-order valence-electron chi connectivity index (χ0n) is 15.1. The van der Waals surface area contributed by atoms with Gasteiger partial charge in [-0.25, -0.2) is 0 Å². The van der Waals surface area contributed by atoms with Crippen LogP contribution in [0.5, 0.6) is 0 Å².